The molecule has 0 unspecified atom stereocenters. The van der Waals surface area contributed by atoms with E-state index >= 15 is 0 Å². The van der Waals surface area contributed by atoms with E-state index in [-0.39, 0.29) is 18.9 Å². The Morgan fingerprint density at radius 2 is 1.70 bits per heavy atom. The van der Waals surface area contributed by atoms with Crippen LogP contribution < -0.4 is 18.9 Å². The molecule has 1 aliphatic rings. The van der Waals surface area contributed by atoms with Crippen molar-refractivity contribution in [2.75, 3.05) is 0 Å². The molecule has 0 aromatic heterocycles. The van der Waals surface area contributed by atoms with Gasteiger partial charge in [-0.25, -0.2) is 4.39 Å². The fourth-order valence-electron chi connectivity index (χ4n) is 3.26. The molecule has 0 spiro atoms. The van der Waals surface area contributed by atoms with E-state index in [0.717, 1.165) is 12.3 Å². The minimum Gasteiger partial charge on any atom is -0.281 e. The van der Waals surface area contributed by atoms with Crippen molar-refractivity contribution in [2.45, 2.75) is 58.3 Å². The van der Waals surface area contributed by atoms with E-state index < -0.39 is 11.6 Å². The molecule has 20 heavy (non-hydrogen) atoms. The number of aryl methyl sites for hydroxylation is 1. The van der Waals surface area contributed by atoms with Gasteiger partial charge in [-0.15, -0.1) is 11.6 Å². The molecule has 1 aliphatic carbocycles. The zero-order valence-corrected chi connectivity index (χ0v) is 12.7. The van der Waals surface area contributed by atoms with Crippen molar-refractivity contribution in [1.29, 1.82) is 0 Å². The molecule has 3 heteroatoms. The Morgan fingerprint density at radius 3 is 2.30 bits per heavy atom. The molecule has 0 radical (unpaired) electrons. The number of halogens is 2. The van der Waals surface area contributed by atoms with Crippen LogP contribution in [-0.4, -0.2) is 0 Å². The van der Waals surface area contributed by atoms with Gasteiger partial charge in [0.15, 0.2) is 0 Å². The monoisotopic (exact) mass is 272 g/mol. The first-order chi connectivity index (χ1) is 9.20. The van der Waals surface area contributed by atoms with Gasteiger partial charge in [0.2, 0.25) is 0 Å². The molecule has 0 amide bonds. The Kier molecular flexibility index (Phi) is 7.85. The van der Waals surface area contributed by atoms with Crippen LogP contribution in [0.1, 0.15) is 57.4 Å². The Balaban J connectivity index is 0.00000200. The smallest absolute Gasteiger partial charge is 0.281 e. The molecule has 0 heterocycles. The SMILES string of the molecule is CCCC1CCC(CCc2cc[c-]c(F)c2F)CC1.[Li+]. The molecule has 2 rings (SSSR count). The van der Waals surface area contributed by atoms with Gasteiger partial charge in [-0.1, -0.05) is 45.4 Å². The number of benzene rings is 1. The standard InChI is InChI=1S/C17H23F2.Li/c1-2-4-13-7-9-14(10-8-13)11-12-15-5-3-6-16(18)17(15)19;/h3,5,13-14H,2,4,7-12H2,1H3;/q-1;+1. The average Bonchev–Trinajstić information content (AvgIpc) is 2.42. The minimum absolute atomic E-state index is 0. The summed E-state index contributed by atoms with van der Waals surface area (Å²) in [5.41, 5.74) is 0.506. The fourth-order valence-corrected chi connectivity index (χ4v) is 3.26. The van der Waals surface area contributed by atoms with Crippen LogP contribution in [0.5, 0.6) is 0 Å². The summed E-state index contributed by atoms with van der Waals surface area (Å²) in [5, 5.41) is 0. The van der Waals surface area contributed by atoms with E-state index in [0.29, 0.717) is 17.9 Å². The molecule has 1 aromatic rings. The van der Waals surface area contributed by atoms with E-state index in [2.05, 4.69) is 13.0 Å². The predicted molar refractivity (Wildman–Crippen MR) is 73.9 cm³/mol. The summed E-state index contributed by atoms with van der Waals surface area (Å²) in [7, 11) is 0. The second kappa shape index (κ2) is 8.85. The van der Waals surface area contributed by atoms with Crippen LogP contribution >= 0.6 is 0 Å². The van der Waals surface area contributed by atoms with Crippen molar-refractivity contribution >= 4 is 0 Å². The molecule has 0 nitrogen and oxygen atoms in total. The van der Waals surface area contributed by atoms with Crippen LogP contribution in [-0.2, 0) is 6.42 Å². The van der Waals surface area contributed by atoms with E-state index in [9.17, 15) is 8.78 Å². The second-order valence-corrected chi connectivity index (χ2v) is 5.84. The Bertz CT molecular complexity index is 398. The molecular weight excluding hydrogens is 249 g/mol. The van der Waals surface area contributed by atoms with Gasteiger partial charge in [-0.2, -0.15) is 12.1 Å². The maximum absolute atomic E-state index is 13.5. The summed E-state index contributed by atoms with van der Waals surface area (Å²) in [6.45, 7) is 2.25. The Hall–Kier alpha value is -0.323. The van der Waals surface area contributed by atoms with Gasteiger partial charge in [0.25, 0.3) is 0 Å². The van der Waals surface area contributed by atoms with Crippen LogP contribution in [0.2, 0.25) is 0 Å². The van der Waals surface area contributed by atoms with Crippen molar-refractivity contribution < 1.29 is 27.6 Å². The van der Waals surface area contributed by atoms with Gasteiger partial charge < -0.3 is 0 Å². The third-order valence-electron chi connectivity index (χ3n) is 4.45. The first-order valence-corrected chi connectivity index (χ1v) is 7.55. The van der Waals surface area contributed by atoms with Crippen molar-refractivity contribution in [1.82, 2.24) is 0 Å². The molecular formula is C17H23F2Li. The second-order valence-electron chi connectivity index (χ2n) is 5.84. The number of hydrogen-bond donors (Lipinski definition) is 0. The summed E-state index contributed by atoms with van der Waals surface area (Å²) in [5.74, 6) is 0.0489. The minimum atomic E-state index is -0.843. The first-order valence-electron chi connectivity index (χ1n) is 7.55. The molecule has 0 saturated heterocycles. The van der Waals surface area contributed by atoms with Gasteiger partial charge in [0.1, 0.15) is 0 Å². The van der Waals surface area contributed by atoms with Crippen LogP contribution in [0.15, 0.2) is 12.1 Å². The van der Waals surface area contributed by atoms with Gasteiger partial charge in [-0.05, 0) is 24.7 Å². The maximum atomic E-state index is 13.5. The zero-order chi connectivity index (χ0) is 13.7. The van der Waals surface area contributed by atoms with Crippen LogP contribution in [0.3, 0.4) is 0 Å². The number of hydrogen-bond acceptors (Lipinski definition) is 0. The maximum Gasteiger partial charge on any atom is 1.00 e. The summed E-state index contributed by atoms with van der Waals surface area (Å²) in [6.07, 6.45) is 9.42. The van der Waals surface area contributed by atoms with Gasteiger partial charge in [0, 0.05) is 11.6 Å². The summed E-state index contributed by atoms with van der Waals surface area (Å²) >= 11 is 0. The van der Waals surface area contributed by atoms with Crippen LogP contribution in [0.25, 0.3) is 0 Å². The van der Waals surface area contributed by atoms with Crippen molar-refractivity contribution in [3.63, 3.8) is 0 Å². The fraction of sp³-hybridized carbons (Fsp3) is 0.647. The van der Waals surface area contributed by atoms with Crippen LogP contribution in [0.4, 0.5) is 8.78 Å². The Morgan fingerprint density at radius 1 is 1.10 bits per heavy atom. The molecule has 106 valence electrons. The van der Waals surface area contributed by atoms with E-state index in [1.807, 2.05) is 0 Å². The molecule has 1 saturated carbocycles. The summed E-state index contributed by atoms with van der Waals surface area (Å²) in [6, 6.07) is 5.39. The molecule has 0 aliphatic heterocycles. The number of rotatable bonds is 5. The molecule has 0 N–H and O–H groups in total. The largest absolute Gasteiger partial charge is 1.00 e. The van der Waals surface area contributed by atoms with E-state index in [1.165, 1.54) is 44.6 Å². The van der Waals surface area contributed by atoms with Gasteiger partial charge in [0.05, 0.1) is 0 Å². The van der Waals surface area contributed by atoms with Gasteiger partial charge >= 0.3 is 18.9 Å². The third-order valence-corrected chi connectivity index (χ3v) is 4.45. The molecule has 0 bridgehead atoms. The van der Waals surface area contributed by atoms with E-state index in [4.69, 9.17) is 0 Å². The predicted octanol–water partition coefficient (Wildman–Crippen LogP) is 2.31. The summed E-state index contributed by atoms with van der Waals surface area (Å²) in [4.78, 5) is 0. The topological polar surface area (TPSA) is 0 Å². The van der Waals surface area contributed by atoms with Gasteiger partial charge in [-0.3, -0.25) is 4.39 Å². The zero-order valence-electron chi connectivity index (χ0n) is 12.7. The van der Waals surface area contributed by atoms with Crippen molar-refractivity contribution in [3.05, 3.63) is 35.4 Å². The van der Waals surface area contributed by atoms with Crippen molar-refractivity contribution in [2.24, 2.45) is 11.8 Å². The molecule has 1 fully saturated rings. The quantitative estimate of drug-likeness (QED) is 0.570. The normalized spacial score (nSPS) is 22.4. The third kappa shape index (κ3) is 4.90. The summed E-state index contributed by atoms with van der Waals surface area (Å²) < 4.78 is 26.6. The van der Waals surface area contributed by atoms with Crippen LogP contribution in [0, 0.1) is 29.5 Å². The molecule has 0 atom stereocenters. The van der Waals surface area contributed by atoms with E-state index in [1.54, 1.807) is 6.07 Å². The van der Waals surface area contributed by atoms with Crippen molar-refractivity contribution in [3.8, 4) is 0 Å². The molecule has 1 aromatic carbocycles. The Labute approximate surface area is 133 Å². The average molecular weight is 272 g/mol. The first kappa shape index (κ1) is 17.7.